The quantitative estimate of drug-likeness (QED) is 0.693. The van der Waals surface area contributed by atoms with Gasteiger partial charge in [-0.05, 0) is 29.3 Å². The molecule has 0 aliphatic heterocycles. The summed E-state index contributed by atoms with van der Waals surface area (Å²) < 4.78 is 7.05. The van der Waals surface area contributed by atoms with E-state index >= 15 is 0 Å². The molecule has 106 valence electrons. The van der Waals surface area contributed by atoms with Crippen molar-refractivity contribution in [1.29, 1.82) is 0 Å². The van der Waals surface area contributed by atoms with Crippen LogP contribution in [0.3, 0.4) is 0 Å². The Kier molecular flexibility index (Phi) is 3.79. The van der Waals surface area contributed by atoms with E-state index in [2.05, 4.69) is 20.3 Å². The molecule has 3 rings (SSSR count). The van der Waals surface area contributed by atoms with Crippen molar-refractivity contribution < 1.29 is 4.74 Å². The zero-order valence-corrected chi connectivity index (χ0v) is 12.0. The summed E-state index contributed by atoms with van der Waals surface area (Å²) in [5.41, 5.74) is 2.75. The molecule has 0 atom stereocenters. The Hall–Kier alpha value is -2.47. The lowest BCUT2D eigenvalue weighted by molar-refractivity contribution is 0.399. The fourth-order valence-corrected chi connectivity index (χ4v) is 2.20. The molecule has 21 heavy (non-hydrogen) atoms. The van der Waals surface area contributed by atoms with E-state index in [1.165, 1.54) is 0 Å². The van der Waals surface area contributed by atoms with Crippen molar-refractivity contribution in [1.82, 2.24) is 25.0 Å². The van der Waals surface area contributed by atoms with Crippen molar-refractivity contribution in [2.45, 2.75) is 6.54 Å². The molecular formula is C14H12ClN5O. The average molecular weight is 302 g/mol. The molecule has 0 radical (unpaired) electrons. The highest BCUT2D eigenvalue weighted by atomic mass is 35.5. The predicted molar refractivity (Wildman–Crippen MR) is 78.2 cm³/mol. The van der Waals surface area contributed by atoms with Gasteiger partial charge in [-0.3, -0.25) is 0 Å². The Bertz CT molecular complexity index is 745. The highest BCUT2D eigenvalue weighted by Crippen LogP contribution is 2.29. The molecular weight excluding hydrogens is 290 g/mol. The van der Waals surface area contributed by atoms with Crippen LogP contribution in [0.1, 0.15) is 5.56 Å². The standard InChI is InChI=1S/C14H12ClN5O/c1-21-14-12(11-2-3-16-13(15)7-11)6-10(8-17-14)9-20-5-4-18-19-20/h2-8H,9H2,1H3. The summed E-state index contributed by atoms with van der Waals surface area (Å²) in [4.78, 5) is 8.32. The van der Waals surface area contributed by atoms with Crippen molar-refractivity contribution >= 4 is 11.6 Å². The number of hydrogen-bond donors (Lipinski definition) is 0. The van der Waals surface area contributed by atoms with Crippen molar-refractivity contribution in [2.75, 3.05) is 7.11 Å². The molecule has 7 heteroatoms. The molecule has 0 aromatic carbocycles. The first kappa shape index (κ1) is 13.5. The lowest BCUT2D eigenvalue weighted by Gasteiger charge is -2.10. The lowest BCUT2D eigenvalue weighted by Crippen LogP contribution is -2.02. The van der Waals surface area contributed by atoms with E-state index in [1.807, 2.05) is 12.1 Å². The number of ether oxygens (including phenoxy) is 1. The van der Waals surface area contributed by atoms with Gasteiger partial charge in [-0.1, -0.05) is 16.8 Å². The molecule has 0 amide bonds. The van der Waals surface area contributed by atoms with Crippen molar-refractivity contribution in [2.24, 2.45) is 0 Å². The van der Waals surface area contributed by atoms with Crippen molar-refractivity contribution in [3.63, 3.8) is 0 Å². The second kappa shape index (κ2) is 5.88. The number of nitrogens with zero attached hydrogens (tertiary/aromatic N) is 5. The van der Waals surface area contributed by atoms with Gasteiger partial charge >= 0.3 is 0 Å². The van der Waals surface area contributed by atoms with E-state index in [0.717, 1.165) is 16.7 Å². The molecule has 0 saturated carbocycles. The zero-order valence-electron chi connectivity index (χ0n) is 11.3. The minimum Gasteiger partial charge on any atom is -0.481 e. The summed E-state index contributed by atoms with van der Waals surface area (Å²) in [6.07, 6.45) is 6.85. The average Bonchev–Trinajstić information content (AvgIpc) is 3.00. The minimum absolute atomic E-state index is 0.427. The van der Waals surface area contributed by atoms with Gasteiger partial charge in [0.15, 0.2) is 0 Å². The van der Waals surface area contributed by atoms with E-state index in [-0.39, 0.29) is 0 Å². The summed E-state index contributed by atoms with van der Waals surface area (Å²) in [6.45, 7) is 0.586. The smallest absolute Gasteiger partial charge is 0.221 e. The van der Waals surface area contributed by atoms with Gasteiger partial charge in [0.05, 0.1) is 19.9 Å². The van der Waals surface area contributed by atoms with E-state index < -0.39 is 0 Å². The van der Waals surface area contributed by atoms with E-state index in [1.54, 1.807) is 42.6 Å². The number of hydrogen-bond acceptors (Lipinski definition) is 5. The van der Waals surface area contributed by atoms with Crippen LogP contribution < -0.4 is 4.74 Å². The normalized spacial score (nSPS) is 10.6. The van der Waals surface area contributed by atoms with Crippen LogP contribution >= 0.6 is 11.6 Å². The fraction of sp³-hybridized carbons (Fsp3) is 0.143. The minimum atomic E-state index is 0.427. The monoisotopic (exact) mass is 301 g/mol. The van der Waals surface area contributed by atoms with Gasteiger partial charge in [0.2, 0.25) is 5.88 Å². The van der Waals surface area contributed by atoms with Crippen molar-refractivity contribution in [3.05, 3.63) is 53.7 Å². The second-order valence-electron chi connectivity index (χ2n) is 4.37. The number of halogens is 1. The first-order valence-corrected chi connectivity index (χ1v) is 6.63. The molecule has 0 aliphatic carbocycles. The molecule has 0 bridgehead atoms. The van der Waals surface area contributed by atoms with Crippen LogP contribution in [0, 0.1) is 0 Å². The first-order chi connectivity index (χ1) is 10.3. The van der Waals surface area contributed by atoms with Gasteiger partial charge < -0.3 is 4.74 Å². The van der Waals surface area contributed by atoms with Gasteiger partial charge in [-0.25, -0.2) is 14.6 Å². The summed E-state index contributed by atoms with van der Waals surface area (Å²) in [5, 5.41) is 8.16. The molecule has 0 N–H and O–H groups in total. The summed E-state index contributed by atoms with van der Waals surface area (Å²) in [7, 11) is 1.59. The predicted octanol–water partition coefficient (Wildman–Crippen LogP) is 2.45. The highest BCUT2D eigenvalue weighted by molar-refractivity contribution is 6.29. The molecule has 0 spiro atoms. The SMILES string of the molecule is COc1ncc(Cn2ccnn2)cc1-c1ccnc(Cl)c1. The molecule has 3 heterocycles. The Morgan fingerprint density at radius 3 is 2.86 bits per heavy atom. The van der Waals surface area contributed by atoms with Gasteiger partial charge in [-0.2, -0.15) is 0 Å². The topological polar surface area (TPSA) is 65.7 Å². The third kappa shape index (κ3) is 3.00. The van der Waals surface area contributed by atoms with Gasteiger partial charge in [0.25, 0.3) is 0 Å². The van der Waals surface area contributed by atoms with Gasteiger partial charge in [0.1, 0.15) is 5.15 Å². The van der Waals surface area contributed by atoms with Crippen LogP contribution in [-0.2, 0) is 6.54 Å². The first-order valence-electron chi connectivity index (χ1n) is 6.25. The van der Waals surface area contributed by atoms with Crippen LogP contribution in [0.4, 0.5) is 0 Å². The van der Waals surface area contributed by atoms with E-state index in [9.17, 15) is 0 Å². The van der Waals surface area contributed by atoms with Gasteiger partial charge in [0, 0.05) is 24.2 Å². The van der Waals surface area contributed by atoms with Crippen molar-refractivity contribution in [3.8, 4) is 17.0 Å². The number of pyridine rings is 2. The summed E-state index contributed by atoms with van der Waals surface area (Å²) in [5.74, 6) is 0.541. The van der Waals surface area contributed by atoms with Crippen LogP contribution in [-0.4, -0.2) is 32.1 Å². The summed E-state index contributed by atoms with van der Waals surface area (Å²) >= 11 is 5.95. The van der Waals surface area contributed by atoms with E-state index in [4.69, 9.17) is 16.3 Å². The Morgan fingerprint density at radius 1 is 1.24 bits per heavy atom. The largest absolute Gasteiger partial charge is 0.481 e. The van der Waals surface area contributed by atoms with Crippen LogP contribution in [0.25, 0.3) is 11.1 Å². The molecule has 0 aliphatic rings. The molecule has 3 aromatic heterocycles. The fourth-order valence-electron chi connectivity index (χ4n) is 2.03. The number of rotatable bonds is 4. The molecule has 3 aromatic rings. The van der Waals surface area contributed by atoms with Gasteiger partial charge in [-0.15, -0.1) is 5.10 Å². The zero-order chi connectivity index (χ0) is 14.7. The molecule has 0 unspecified atom stereocenters. The van der Waals surface area contributed by atoms with Crippen LogP contribution in [0.15, 0.2) is 43.0 Å². The number of aromatic nitrogens is 5. The maximum atomic E-state index is 5.95. The molecule has 6 nitrogen and oxygen atoms in total. The maximum absolute atomic E-state index is 5.95. The Balaban J connectivity index is 2.01. The summed E-state index contributed by atoms with van der Waals surface area (Å²) in [6, 6.07) is 5.64. The molecule has 0 saturated heterocycles. The highest BCUT2D eigenvalue weighted by Gasteiger charge is 2.10. The Morgan fingerprint density at radius 2 is 2.14 bits per heavy atom. The Labute approximate surface area is 126 Å². The third-order valence-corrected chi connectivity index (χ3v) is 3.16. The maximum Gasteiger partial charge on any atom is 0.221 e. The van der Waals surface area contributed by atoms with Crippen LogP contribution in [0.2, 0.25) is 5.15 Å². The van der Waals surface area contributed by atoms with Crippen LogP contribution in [0.5, 0.6) is 5.88 Å². The molecule has 0 fully saturated rings. The number of methoxy groups -OCH3 is 1. The second-order valence-corrected chi connectivity index (χ2v) is 4.76. The lowest BCUT2D eigenvalue weighted by atomic mass is 10.1. The van der Waals surface area contributed by atoms with E-state index in [0.29, 0.717) is 17.6 Å². The third-order valence-electron chi connectivity index (χ3n) is 2.96.